The minimum Gasteiger partial charge on any atom is -0.398 e. The molecular weight excluding hydrogens is 274 g/mol. The first-order valence-electron chi connectivity index (χ1n) is 5.65. The number of nitrogens with two attached hydrogens (primary N) is 1. The van der Waals surface area contributed by atoms with Gasteiger partial charge in [-0.2, -0.15) is 4.31 Å². The summed E-state index contributed by atoms with van der Waals surface area (Å²) < 4.78 is 26.3. The zero-order chi connectivity index (χ0) is 13.3. The molecule has 0 unspecified atom stereocenters. The number of halogens is 1. The van der Waals surface area contributed by atoms with Gasteiger partial charge in [0, 0.05) is 31.2 Å². The van der Waals surface area contributed by atoms with Crippen molar-refractivity contribution in [1.29, 1.82) is 0 Å². The SMILES string of the molecule is CN1CCN(S(=O)(=O)c2ccc(Cl)cc2N)CC1. The van der Waals surface area contributed by atoms with Crippen LogP contribution in [0.4, 0.5) is 5.69 Å². The fraction of sp³-hybridized carbons (Fsp3) is 0.455. The molecule has 0 aliphatic carbocycles. The smallest absolute Gasteiger partial charge is 0.245 e. The highest BCUT2D eigenvalue weighted by Gasteiger charge is 2.28. The van der Waals surface area contributed by atoms with E-state index in [4.69, 9.17) is 17.3 Å². The Morgan fingerprint density at radius 2 is 1.83 bits per heavy atom. The Labute approximate surface area is 112 Å². The third-order valence-corrected chi connectivity index (χ3v) is 5.26. The summed E-state index contributed by atoms with van der Waals surface area (Å²) >= 11 is 5.78. The fourth-order valence-electron chi connectivity index (χ4n) is 1.92. The van der Waals surface area contributed by atoms with Crippen LogP contribution in [-0.2, 0) is 10.0 Å². The van der Waals surface area contributed by atoms with Gasteiger partial charge in [0.2, 0.25) is 10.0 Å². The number of nitrogens with zero attached hydrogens (tertiary/aromatic N) is 2. The standard InChI is InChI=1S/C11H16ClN3O2S/c1-14-4-6-15(7-5-14)18(16,17)11-3-2-9(12)8-10(11)13/h2-3,8H,4-7,13H2,1H3. The van der Waals surface area contributed by atoms with Gasteiger partial charge in [-0.05, 0) is 25.2 Å². The van der Waals surface area contributed by atoms with E-state index in [1.165, 1.54) is 16.4 Å². The Bertz CT molecular complexity index is 539. The third-order valence-electron chi connectivity index (χ3n) is 3.05. The maximum Gasteiger partial charge on any atom is 0.245 e. The largest absolute Gasteiger partial charge is 0.398 e. The number of piperazine rings is 1. The van der Waals surface area contributed by atoms with Crippen LogP contribution in [-0.4, -0.2) is 50.8 Å². The molecule has 5 nitrogen and oxygen atoms in total. The second kappa shape index (κ2) is 5.05. The number of hydrogen-bond acceptors (Lipinski definition) is 4. The highest BCUT2D eigenvalue weighted by Crippen LogP contribution is 2.25. The minimum absolute atomic E-state index is 0.136. The van der Waals surface area contributed by atoms with Crippen molar-refractivity contribution in [2.45, 2.75) is 4.90 Å². The fourth-order valence-corrected chi connectivity index (χ4v) is 3.62. The Hall–Kier alpha value is -0.820. The quantitative estimate of drug-likeness (QED) is 0.820. The van der Waals surface area contributed by atoms with E-state index >= 15 is 0 Å². The van der Waals surface area contributed by atoms with E-state index in [9.17, 15) is 8.42 Å². The molecule has 7 heteroatoms. The number of nitrogen functional groups attached to an aromatic ring is 1. The molecule has 0 radical (unpaired) electrons. The van der Waals surface area contributed by atoms with Gasteiger partial charge in [0.1, 0.15) is 4.90 Å². The number of likely N-dealkylation sites (N-methyl/N-ethyl adjacent to an activating group) is 1. The number of hydrogen-bond donors (Lipinski definition) is 1. The Balaban J connectivity index is 2.30. The molecule has 18 heavy (non-hydrogen) atoms. The van der Waals surface area contributed by atoms with Gasteiger partial charge in [-0.15, -0.1) is 0 Å². The predicted octanol–water partition coefficient (Wildman–Crippen LogP) is 0.858. The maximum absolute atomic E-state index is 12.4. The summed E-state index contributed by atoms with van der Waals surface area (Å²) in [5.74, 6) is 0. The summed E-state index contributed by atoms with van der Waals surface area (Å²) in [6.45, 7) is 2.43. The van der Waals surface area contributed by atoms with E-state index in [0.29, 0.717) is 18.1 Å². The molecule has 1 aromatic carbocycles. The molecule has 0 saturated carbocycles. The van der Waals surface area contributed by atoms with Gasteiger partial charge < -0.3 is 10.6 Å². The van der Waals surface area contributed by atoms with E-state index in [0.717, 1.165) is 13.1 Å². The maximum atomic E-state index is 12.4. The molecule has 0 bridgehead atoms. The van der Waals surface area contributed by atoms with E-state index in [1.807, 2.05) is 7.05 Å². The van der Waals surface area contributed by atoms with Gasteiger partial charge in [0.05, 0.1) is 5.69 Å². The van der Waals surface area contributed by atoms with Crippen LogP contribution in [0.1, 0.15) is 0 Å². The molecule has 0 atom stereocenters. The highest BCUT2D eigenvalue weighted by atomic mass is 35.5. The summed E-state index contributed by atoms with van der Waals surface area (Å²) in [6, 6.07) is 4.47. The van der Waals surface area contributed by atoms with Crippen molar-refractivity contribution in [2.75, 3.05) is 39.0 Å². The third kappa shape index (κ3) is 2.61. The zero-order valence-electron chi connectivity index (χ0n) is 10.1. The Morgan fingerprint density at radius 1 is 1.22 bits per heavy atom. The van der Waals surface area contributed by atoms with Crippen LogP contribution in [0.25, 0.3) is 0 Å². The van der Waals surface area contributed by atoms with Crippen LogP contribution in [0.3, 0.4) is 0 Å². The lowest BCUT2D eigenvalue weighted by atomic mass is 10.3. The van der Waals surface area contributed by atoms with Crippen molar-refractivity contribution < 1.29 is 8.42 Å². The van der Waals surface area contributed by atoms with Crippen molar-refractivity contribution in [3.8, 4) is 0 Å². The number of anilines is 1. The molecule has 0 amide bonds. The van der Waals surface area contributed by atoms with Gasteiger partial charge in [-0.3, -0.25) is 0 Å². The van der Waals surface area contributed by atoms with Crippen LogP contribution >= 0.6 is 11.6 Å². The monoisotopic (exact) mass is 289 g/mol. The number of sulfonamides is 1. The van der Waals surface area contributed by atoms with Crippen molar-refractivity contribution in [3.63, 3.8) is 0 Å². The van der Waals surface area contributed by atoms with Crippen LogP contribution in [0.2, 0.25) is 5.02 Å². The molecule has 100 valence electrons. The lowest BCUT2D eigenvalue weighted by molar-refractivity contribution is 0.222. The number of benzene rings is 1. The van der Waals surface area contributed by atoms with E-state index in [-0.39, 0.29) is 10.6 Å². The van der Waals surface area contributed by atoms with Crippen LogP contribution in [0, 0.1) is 0 Å². The first kappa shape index (κ1) is 13.6. The van der Waals surface area contributed by atoms with Gasteiger partial charge in [0.15, 0.2) is 0 Å². The zero-order valence-corrected chi connectivity index (χ0v) is 11.7. The van der Waals surface area contributed by atoms with E-state index in [1.54, 1.807) is 6.07 Å². The molecule has 1 aliphatic heterocycles. The summed E-state index contributed by atoms with van der Waals surface area (Å²) in [7, 11) is -1.54. The highest BCUT2D eigenvalue weighted by molar-refractivity contribution is 7.89. The molecule has 1 saturated heterocycles. The van der Waals surface area contributed by atoms with Crippen molar-refractivity contribution >= 4 is 27.3 Å². The predicted molar refractivity (Wildman–Crippen MR) is 72.1 cm³/mol. The van der Waals surface area contributed by atoms with Crippen molar-refractivity contribution in [3.05, 3.63) is 23.2 Å². The molecule has 2 N–H and O–H groups in total. The first-order chi connectivity index (χ1) is 8.41. The topological polar surface area (TPSA) is 66.6 Å². The van der Waals surface area contributed by atoms with Gasteiger partial charge >= 0.3 is 0 Å². The molecule has 1 aromatic rings. The normalized spacial score (nSPS) is 19.0. The average molecular weight is 290 g/mol. The van der Waals surface area contributed by atoms with Gasteiger partial charge in [-0.1, -0.05) is 11.6 Å². The lowest BCUT2D eigenvalue weighted by Crippen LogP contribution is -2.47. The summed E-state index contributed by atoms with van der Waals surface area (Å²) in [5, 5.41) is 0.435. The van der Waals surface area contributed by atoms with E-state index < -0.39 is 10.0 Å². The van der Waals surface area contributed by atoms with Crippen LogP contribution in [0.5, 0.6) is 0 Å². The van der Waals surface area contributed by atoms with E-state index in [2.05, 4.69) is 4.90 Å². The Kier molecular flexibility index (Phi) is 3.82. The molecule has 0 spiro atoms. The molecule has 1 heterocycles. The average Bonchev–Trinajstić information content (AvgIpc) is 2.29. The van der Waals surface area contributed by atoms with Crippen molar-refractivity contribution in [1.82, 2.24) is 9.21 Å². The summed E-state index contributed by atoms with van der Waals surface area (Å²) in [4.78, 5) is 2.23. The lowest BCUT2D eigenvalue weighted by Gasteiger charge is -2.31. The van der Waals surface area contributed by atoms with Gasteiger partial charge in [-0.25, -0.2) is 8.42 Å². The molecule has 1 fully saturated rings. The van der Waals surface area contributed by atoms with Crippen LogP contribution < -0.4 is 5.73 Å². The Morgan fingerprint density at radius 3 is 2.39 bits per heavy atom. The minimum atomic E-state index is -3.51. The summed E-state index contributed by atoms with van der Waals surface area (Å²) in [5.41, 5.74) is 5.94. The molecule has 0 aromatic heterocycles. The second-order valence-corrected chi connectivity index (χ2v) is 6.73. The molecule has 2 rings (SSSR count). The molecule has 1 aliphatic rings. The van der Waals surface area contributed by atoms with Crippen LogP contribution in [0.15, 0.2) is 23.1 Å². The first-order valence-corrected chi connectivity index (χ1v) is 7.47. The van der Waals surface area contributed by atoms with Crippen molar-refractivity contribution in [2.24, 2.45) is 0 Å². The molecular formula is C11H16ClN3O2S. The number of rotatable bonds is 2. The van der Waals surface area contributed by atoms with Gasteiger partial charge in [0.25, 0.3) is 0 Å². The summed E-state index contributed by atoms with van der Waals surface area (Å²) in [6.07, 6.45) is 0. The second-order valence-electron chi connectivity index (χ2n) is 4.39.